The van der Waals surface area contributed by atoms with Gasteiger partial charge < -0.3 is 10.1 Å². The molecule has 3 aromatic rings. The van der Waals surface area contributed by atoms with E-state index in [-0.39, 0.29) is 0 Å². The summed E-state index contributed by atoms with van der Waals surface area (Å²) in [7, 11) is 1.67. The molecule has 0 aliphatic heterocycles. The summed E-state index contributed by atoms with van der Waals surface area (Å²) in [6.45, 7) is 0.684. The number of ether oxygens (including phenoxy) is 1. The Morgan fingerprint density at radius 1 is 1.14 bits per heavy atom. The van der Waals surface area contributed by atoms with Gasteiger partial charge in [0.2, 0.25) is 0 Å². The summed E-state index contributed by atoms with van der Waals surface area (Å²) in [5.41, 5.74) is 2.99. The molecule has 21 heavy (non-hydrogen) atoms. The molecule has 2 aromatic carbocycles. The average molecular weight is 299 g/mol. The predicted molar refractivity (Wildman–Crippen MR) is 87.1 cm³/mol. The van der Waals surface area contributed by atoms with Gasteiger partial charge in [0, 0.05) is 23.2 Å². The number of hydrogen-bond donors (Lipinski definition) is 1. The molecule has 1 aromatic heterocycles. The Hall–Kier alpha value is -2.26. The molecule has 4 heteroatoms. The smallest absolute Gasteiger partial charge is 0.119 e. The number of rotatable bonds is 4. The molecule has 3 nitrogen and oxygen atoms in total. The average Bonchev–Trinajstić information content (AvgIpc) is 2.52. The SMILES string of the molecule is COc1cccc(CNc2cc(Cl)cc3cccnc23)c1. The summed E-state index contributed by atoms with van der Waals surface area (Å²) in [6, 6.07) is 15.7. The fraction of sp³-hybridized carbons (Fsp3) is 0.118. The maximum atomic E-state index is 6.17. The number of nitrogens with zero attached hydrogens (tertiary/aromatic N) is 1. The van der Waals surface area contributed by atoms with Gasteiger partial charge in [0.1, 0.15) is 5.75 Å². The van der Waals surface area contributed by atoms with E-state index in [2.05, 4.69) is 16.4 Å². The van der Waals surface area contributed by atoms with Crippen LogP contribution < -0.4 is 10.1 Å². The number of aromatic nitrogens is 1. The summed E-state index contributed by atoms with van der Waals surface area (Å²) in [6.07, 6.45) is 1.78. The van der Waals surface area contributed by atoms with Crippen molar-refractivity contribution in [1.29, 1.82) is 0 Å². The Bertz CT molecular complexity index is 774. The normalized spacial score (nSPS) is 10.6. The minimum absolute atomic E-state index is 0.684. The number of anilines is 1. The van der Waals surface area contributed by atoms with Crippen molar-refractivity contribution in [2.24, 2.45) is 0 Å². The lowest BCUT2D eigenvalue weighted by atomic mass is 10.1. The first-order chi connectivity index (χ1) is 10.3. The highest BCUT2D eigenvalue weighted by Gasteiger charge is 2.04. The summed E-state index contributed by atoms with van der Waals surface area (Å²) < 4.78 is 5.24. The Kier molecular flexibility index (Phi) is 3.93. The molecule has 0 aliphatic carbocycles. The quantitative estimate of drug-likeness (QED) is 0.769. The van der Waals surface area contributed by atoms with Crippen LogP contribution >= 0.6 is 11.6 Å². The van der Waals surface area contributed by atoms with E-state index in [0.717, 1.165) is 27.9 Å². The van der Waals surface area contributed by atoms with Crippen LogP contribution in [0.1, 0.15) is 5.56 Å². The maximum Gasteiger partial charge on any atom is 0.119 e. The van der Waals surface area contributed by atoms with E-state index in [0.29, 0.717) is 11.6 Å². The van der Waals surface area contributed by atoms with E-state index in [9.17, 15) is 0 Å². The van der Waals surface area contributed by atoms with Crippen LogP contribution in [0, 0.1) is 0 Å². The van der Waals surface area contributed by atoms with E-state index >= 15 is 0 Å². The van der Waals surface area contributed by atoms with Crippen molar-refractivity contribution in [3.05, 3.63) is 65.3 Å². The van der Waals surface area contributed by atoms with Gasteiger partial charge in [0.25, 0.3) is 0 Å². The van der Waals surface area contributed by atoms with Gasteiger partial charge in [-0.15, -0.1) is 0 Å². The molecule has 3 rings (SSSR count). The molecule has 0 radical (unpaired) electrons. The second-order valence-corrected chi connectivity index (χ2v) is 5.17. The summed E-state index contributed by atoms with van der Waals surface area (Å²) in [5.74, 6) is 0.850. The molecule has 0 fully saturated rings. The highest BCUT2D eigenvalue weighted by molar-refractivity contribution is 6.31. The summed E-state index contributed by atoms with van der Waals surface area (Å²) in [4.78, 5) is 4.42. The van der Waals surface area contributed by atoms with Crippen molar-refractivity contribution in [1.82, 2.24) is 4.98 Å². The number of halogens is 1. The highest BCUT2D eigenvalue weighted by atomic mass is 35.5. The van der Waals surface area contributed by atoms with Crippen LogP contribution in [0.5, 0.6) is 5.75 Å². The molecule has 0 amide bonds. The van der Waals surface area contributed by atoms with Gasteiger partial charge in [0.15, 0.2) is 0 Å². The fourth-order valence-corrected chi connectivity index (χ4v) is 2.50. The number of nitrogens with one attached hydrogen (secondary N) is 1. The van der Waals surface area contributed by atoms with E-state index in [1.54, 1.807) is 13.3 Å². The third-order valence-corrected chi connectivity index (χ3v) is 3.50. The largest absolute Gasteiger partial charge is 0.497 e. The Labute approximate surface area is 128 Å². The van der Waals surface area contributed by atoms with E-state index in [1.807, 2.05) is 42.5 Å². The van der Waals surface area contributed by atoms with Crippen molar-refractivity contribution in [2.45, 2.75) is 6.54 Å². The Morgan fingerprint density at radius 2 is 2.05 bits per heavy atom. The van der Waals surface area contributed by atoms with Crippen LogP contribution in [-0.4, -0.2) is 12.1 Å². The molecule has 0 aliphatic rings. The minimum atomic E-state index is 0.684. The van der Waals surface area contributed by atoms with E-state index in [1.165, 1.54) is 0 Å². The van der Waals surface area contributed by atoms with Gasteiger partial charge in [-0.1, -0.05) is 29.8 Å². The van der Waals surface area contributed by atoms with Crippen LogP contribution in [0.15, 0.2) is 54.7 Å². The van der Waals surface area contributed by atoms with Crippen LogP contribution in [0.2, 0.25) is 5.02 Å². The summed E-state index contributed by atoms with van der Waals surface area (Å²) in [5, 5.41) is 5.12. The molecule has 1 heterocycles. The molecular formula is C17H15ClN2O. The van der Waals surface area contributed by atoms with Crippen molar-refractivity contribution in [3.8, 4) is 5.75 Å². The number of pyridine rings is 1. The fourth-order valence-electron chi connectivity index (χ4n) is 2.27. The molecule has 1 N–H and O–H groups in total. The molecule has 0 atom stereocenters. The Balaban J connectivity index is 1.87. The molecule has 106 valence electrons. The van der Waals surface area contributed by atoms with Gasteiger partial charge >= 0.3 is 0 Å². The molecule has 0 saturated heterocycles. The number of fused-ring (bicyclic) bond motifs is 1. The maximum absolute atomic E-state index is 6.17. The van der Waals surface area contributed by atoms with Gasteiger partial charge in [-0.2, -0.15) is 0 Å². The van der Waals surface area contributed by atoms with Crippen LogP contribution in [0.25, 0.3) is 10.9 Å². The summed E-state index contributed by atoms with van der Waals surface area (Å²) >= 11 is 6.17. The number of hydrogen-bond acceptors (Lipinski definition) is 3. The van der Waals surface area contributed by atoms with E-state index in [4.69, 9.17) is 16.3 Å². The lowest BCUT2D eigenvalue weighted by Crippen LogP contribution is -2.01. The first-order valence-corrected chi connectivity index (χ1v) is 7.05. The van der Waals surface area contributed by atoms with Gasteiger partial charge in [0.05, 0.1) is 18.3 Å². The van der Waals surface area contributed by atoms with Crippen molar-refractivity contribution in [3.63, 3.8) is 0 Å². The van der Waals surface area contributed by atoms with Gasteiger partial charge in [-0.25, -0.2) is 0 Å². The Morgan fingerprint density at radius 3 is 2.90 bits per heavy atom. The van der Waals surface area contributed by atoms with E-state index < -0.39 is 0 Å². The number of benzene rings is 2. The number of methoxy groups -OCH3 is 1. The lowest BCUT2D eigenvalue weighted by Gasteiger charge is -2.10. The van der Waals surface area contributed by atoms with Crippen molar-refractivity contribution >= 4 is 28.2 Å². The zero-order valence-electron chi connectivity index (χ0n) is 11.6. The van der Waals surface area contributed by atoms with Crippen LogP contribution in [0.4, 0.5) is 5.69 Å². The van der Waals surface area contributed by atoms with Gasteiger partial charge in [-0.05, 0) is 35.9 Å². The topological polar surface area (TPSA) is 34.1 Å². The molecule has 0 bridgehead atoms. The zero-order chi connectivity index (χ0) is 14.7. The van der Waals surface area contributed by atoms with Crippen molar-refractivity contribution < 1.29 is 4.74 Å². The zero-order valence-corrected chi connectivity index (χ0v) is 12.4. The predicted octanol–water partition coefficient (Wildman–Crippen LogP) is 4.51. The van der Waals surface area contributed by atoms with Gasteiger partial charge in [-0.3, -0.25) is 4.98 Å². The minimum Gasteiger partial charge on any atom is -0.497 e. The van der Waals surface area contributed by atoms with Crippen molar-refractivity contribution in [2.75, 3.05) is 12.4 Å². The first-order valence-electron chi connectivity index (χ1n) is 6.67. The third-order valence-electron chi connectivity index (χ3n) is 3.29. The standard InChI is InChI=1S/C17H15ClN2O/c1-21-15-6-2-4-12(8-15)11-20-16-10-14(18)9-13-5-3-7-19-17(13)16/h2-10,20H,11H2,1H3. The lowest BCUT2D eigenvalue weighted by molar-refractivity contribution is 0.414. The second kappa shape index (κ2) is 6.02. The van der Waals surface area contributed by atoms with Crippen LogP contribution in [0.3, 0.4) is 0 Å². The molecule has 0 unspecified atom stereocenters. The molecule has 0 saturated carbocycles. The van der Waals surface area contributed by atoms with Crippen LogP contribution in [-0.2, 0) is 6.54 Å². The third kappa shape index (κ3) is 3.09. The monoisotopic (exact) mass is 298 g/mol. The first kappa shape index (κ1) is 13.7. The second-order valence-electron chi connectivity index (χ2n) is 4.73. The molecular weight excluding hydrogens is 284 g/mol. The highest BCUT2D eigenvalue weighted by Crippen LogP contribution is 2.26. The molecule has 0 spiro atoms.